The Morgan fingerprint density at radius 3 is 2.29 bits per heavy atom. The fourth-order valence-electron chi connectivity index (χ4n) is 4.91. The van der Waals surface area contributed by atoms with Crippen molar-refractivity contribution < 1.29 is 33.8 Å². The van der Waals surface area contributed by atoms with Crippen molar-refractivity contribution >= 4 is 23.9 Å². The van der Waals surface area contributed by atoms with Gasteiger partial charge in [-0.1, -0.05) is 48.5 Å². The van der Waals surface area contributed by atoms with Crippen LogP contribution in [0.15, 0.2) is 48.5 Å². The summed E-state index contributed by atoms with van der Waals surface area (Å²) in [7, 11) is 1.29. The van der Waals surface area contributed by atoms with Crippen molar-refractivity contribution in [2.24, 2.45) is 5.92 Å². The Morgan fingerprint density at radius 1 is 1.06 bits per heavy atom. The Balaban J connectivity index is 1.42. The first-order chi connectivity index (χ1) is 16.9. The second-order valence-electron chi connectivity index (χ2n) is 8.77. The molecular formula is C26H28N2O7. The monoisotopic (exact) mass is 480 g/mol. The molecular weight excluding hydrogens is 452 g/mol. The zero-order chi connectivity index (χ0) is 24.9. The number of aliphatic carboxylic acids is 1. The molecule has 0 aromatic heterocycles. The van der Waals surface area contributed by atoms with Crippen LogP contribution >= 0.6 is 0 Å². The van der Waals surface area contributed by atoms with Gasteiger partial charge in [0.2, 0.25) is 5.91 Å². The molecule has 9 nitrogen and oxygen atoms in total. The number of methoxy groups -OCH3 is 1. The van der Waals surface area contributed by atoms with E-state index in [1.165, 1.54) is 12.0 Å². The number of hydrogen-bond donors (Lipinski definition) is 2. The van der Waals surface area contributed by atoms with Gasteiger partial charge in [-0.2, -0.15) is 0 Å². The van der Waals surface area contributed by atoms with Gasteiger partial charge < -0.3 is 24.8 Å². The maximum Gasteiger partial charge on any atom is 0.407 e. The van der Waals surface area contributed by atoms with Crippen LogP contribution in [0, 0.1) is 5.92 Å². The summed E-state index contributed by atoms with van der Waals surface area (Å²) in [6.45, 7) is 0.533. The second kappa shape index (κ2) is 10.6. The quantitative estimate of drug-likeness (QED) is 0.584. The zero-order valence-electron chi connectivity index (χ0n) is 19.4. The normalized spacial score (nSPS) is 17.6. The van der Waals surface area contributed by atoms with E-state index in [0.717, 1.165) is 22.3 Å². The summed E-state index contributed by atoms with van der Waals surface area (Å²) in [4.78, 5) is 50.4. The number of carbonyl (C=O) groups excluding carboxylic acids is 3. The Bertz CT molecular complexity index is 1090. The van der Waals surface area contributed by atoms with Gasteiger partial charge in [-0.25, -0.2) is 4.79 Å². The van der Waals surface area contributed by atoms with Gasteiger partial charge in [0.25, 0.3) is 0 Å². The maximum absolute atomic E-state index is 13.1. The summed E-state index contributed by atoms with van der Waals surface area (Å²) in [5.41, 5.74) is 4.26. The lowest BCUT2D eigenvalue weighted by Gasteiger charge is -2.33. The van der Waals surface area contributed by atoms with E-state index < -0.39 is 42.3 Å². The van der Waals surface area contributed by atoms with E-state index >= 15 is 0 Å². The molecule has 1 saturated heterocycles. The molecule has 1 fully saturated rings. The zero-order valence-corrected chi connectivity index (χ0v) is 19.4. The molecule has 1 aliphatic heterocycles. The number of alkyl carbamates (subject to hydrolysis) is 1. The first-order valence-electron chi connectivity index (χ1n) is 11.6. The first-order valence-corrected chi connectivity index (χ1v) is 11.6. The number of carboxylic acid groups (broad SMARTS) is 1. The Labute approximate surface area is 203 Å². The van der Waals surface area contributed by atoms with E-state index in [1.807, 2.05) is 48.5 Å². The molecule has 2 N–H and O–H groups in total. The van der Waals surface area contributed by atoms with Crippen LogP contribution in [0.1, 0.15) is 36.3 Å². The van der Waals surface area contributed by atoms with Crippen LogP contribution in [0.2, 0.25) is 0 Å². The van der Waals surface area contributed by atoms with Crippen LogP contribution in [-0.4, -0.2) is 66.8 Å². The molecule has 0 bridgehead atoms. The largest absolute Gasteiger partial charge is 0.481 e. The third-order valence-electron chi connectivity index (χ3n) is 6.58. The molecule has 2 atom stereocenters. The van der Waals surface area contributed by atoms with Gasteiger partial charge in [0.1, 0.15) is 12.6 Å². The number of nitrogens with one attached hydrogen (secondary N) is 1. The van der Waals surface area contributed by atoms with Crippen molar-refractivity contribution in [3.63, 3.8) is 0 Å². The highest BCUT2D eigenvalue weighted by molar-refractivity contribution is 5.90. The van der Waals surface area contributed by atoms with Gasteiger partial charge in [-0.3, -0.25) is 14.4 Å². The van der Waals surface area contributed by atoms with Crippen LogP contribution in [-0.2, 0) is 23.9 Å². The number of fused-ring (bicyclic) bond motifs is 3. The van der Waals surface area contributed by atoms with Crippen LogP contribution in [0.4, 0.5) is 4.79 Å². The lowest BCUT2D eigenvalue weighted by atomic mass is 9.97. The van der Waals surface area contributed by atoms with E-state index in [9.17, 15) is 24.3 Å². The molecule has 4 rings (SSSR count). The number of ether oxygens (including phenoxy) is 2. The van der Waals surface area contributed by atoms with E-state index in [1.54, 1.807) is 0 Å². The highest BCUT2D eigenvalue weighted by atomic mass is 16.5. The fourth-order valence-corrected chi connectivity index (χ4v) is 4.91. The number of likely N-dealkylation sites (tertiary alicyclic amines) is 1. The summed E-state index contributed by atoms with van der Waals surface area (Å²) in [5.74, 6) is -2.84. The van der Waals surface area contributed by atoms with Crippen LogP contribution in [0.5, 0.6) is 0 Å². The third-order valence-corrected chi connectivity index (χ3v) is 6.58. The Kier molecular flexibility index (Phi) is 7.33. The van der Waals surface area contributed by atoms with E-state index in [2.05, 4.69) is 5.32 Å². The van der Waals surface area contributed by atoms with Crippen molar-refractivity contribution in [2.75, 3.05) is 26.8 Å². The smallest absolute Gasteiger partial charge is 0.407 e. The number of carbonyl (C=O) groups is 4. The van der Waals surface area contributed by atoms with Gasteiger partial charge in [0.05, 0.1) is 19.4 Å². The lowest BCUT2D eigenvalue weighted by molar-refractivity contribution is -0.150. The summed E-state index contributed by atoms with van der Waals surface area (Å²) < 4.78 is 10.3. The third kappa shape index (κ3) is 5.29. The Hall–Kier alpha value is -3.88. The van der Waals surface area contributed by atoms with Gasteiger partial charge in [0, 0.05) is 19.0 Å². The van der Waals surface area contributed by atoms with Gasteiger partial charge >= 0.3 is 18.0 Å². The number of amides is 2. The second-order valence-corrected chi connectivity index (χ2v) is 8.77. The topological polar surface area (TPSA) is 122 Å². The molecule has 35 heavy (non-hydrogen) atoms. The molecule has 2 amide bonds. The number of hydrogen-bond acceptors (Lipinski definition) is 6. The van der Waals surface area contributed by atoms with Crippen LogP contribution < -0.4 is 5.32 Å². The average Bonchev–Trinajstić information content (AvgIpc) is 3.19. The first kappa shape index (κ1) is 24.3. The van der Waals surface area contributed by atoms with Gasteiger partial charge in [-0.15, -0.1) is 0 Å². The predicted octanol–water partition coefficient (Wildman–Crippen LogP) is 2.78. The molecule has 0 radical (unpaired) electrons. The number of rotatable bonds is 7. The lowest BCUT2D eigenvalue weighted by Crippen LogP contribution is -2.53. The molecule has 1 aliphatic carbocycles. The van der Waals surface area contributed by atoms with E-state index in [0.29, 0.717) is 19.4 Å². The van der Waals surface area contributed by atoms with Crippen molar-refractivity contribution in [3.8, 4) is 11.1 Å². The van der Waals surface area contributed by atoms with Gasteiger partial charge in [0.15, 0.2) is 0 Å². The molecule has 2 unspecified atom stereocenters. The van der Waals surface area contributed by atoms with Crippen LogP contribution in [0.25, 0.3) is 11.1 Å². The molecule has 1 heterocycles. The minimum Gasteiger partial charge on any atom is -0.481 e. The molecule has 9 heteroatoms. The van der Waals surface area contributed by atoms with Crippen molar-refractivity contribution in [1.29, 1.82) is 0 Å². The summed E-state index contributed by atoms with van der Waals surface area (Å²) >= 11 is 0. The molecule has 2 aliphatic rings. The molecule has 2 aromatic carbocycles. The summed E-state index contributed by atoms with van der Waals surface area (Å²) in [5, 5.41) is 11.7. The predicted molar refractivity (Wildman–Crippen MR) is 126 cm³/mol. The number of carboxylic acids is 1. The maximum atomic E-state index is 13.1. The highest BCUT2D eigenvalue weighted by Gasteiger charge is 2.35. The Morgan fingerprint density at radius 2 is 1.69 bits per heavy atom. The SMILES string of the molecule is COC(=O)C1CCCN(C(=O)C(CC(=O)O)NC(=O)OCC2c3ccccc3-c3ccccc32)C1. The molecule has 2 aromatic rings. The minimum absolute atomic E-state index is 0.0436. The number of benzene rings is 2. The number of esters is 1. The molecule has 184 valence electrons. The van der Waals surface area contributed by atoms with E-state index in [4.69, 9.17) is 9.47 Å². The number of piperidine rings is 1. The minimum atomic E-state index is -1.31. The van der Waals surface area contributed by atoms with Crippen LogP contribution in [0.3, 0.4) is 0 Å². The molecule has 0 saturated carbocycles. The van der Waals surface area contributed by atoms with Crippen molar-refractivity contribution in [1.82, 2.24) is 10.2 Å². The van der Waals surface area contributed by atoms with E-state index in [-0.39, 0.29) is 19.1 Å². The standard InChI is InChI=1S/C26H28N2O7/c1-34-25(32)16-7-6-12-28(14-16)24(31)22(13-23(29)30)27-26(33)35-15-21-19-10-4-2-8-17(19)18-9-3-5-11-20(18)21/h2-5,8-11,16,21-22H,6-7,12-15H2,1H3,(H,27,33)(H,29,30). The van der Waals surface area contributed by atoms with Gasteiger partial charge in [-0.05, 0) is 35.1 Å². The van der Waals surface area contributed by atoms with Crippen molar-refractivity contribution in [3.05, 3.63) is 59.7 Å². The average molecular weight is 481 g/mol. The number of nitrogens with zero attached hydrogens (tertiary/aromatic N) is 1. The van der Waals surface area contributed by atoms with Crippen molar-refractivity contribution in [2.45, 2.75) is 31.2 Å². The summed E-state index contributed by atoms with van der Waals surface area (Å²) in [6, 6.07) is 14.5. The highest BCUT2D eigenvalue weighted by Crippen LogP contribution is 2.44. The molecule has 0 spiro atoms. The summed E-state index contributed by atoms with van der Waals surface area (Å²) in [6.07, 6.45) is -0.300. The fraction of sp³-hybridized carbons (Fsp3) is 0.385.